The van der Waals surface area contributed by atoms with Gasteiger partial charge >= 0.3 is 0 Å². The summed E-state index contributed by atoms with van der Waals surface area (Å²) >= 11 is 1.62. The number of carbonyl (C=O) groups is 1. The van der Waals surface area contributed by atoms with Crippen LogP contribution in [0.1, 0.15) is 20.3 Å². The van der Waals surface area contributed by atoms with E-state index in [4.69, 9.17) is 0 Å². The second kappa shape index (κ2) is 5.65. The summed E-state index contributed by atoms with van der Waals surface area (Å²) in [7, 11) is 0. The van der Waals surface area contributed by atoms with E-state index >= 15 is 0 Å². The molecule has 4 heteroatoms. The summed E-state index contributed by atoms with van der Waals surface area (Å²) in [6, 6.07) is 2.22. The summed E-state index contributed by atoms with van der Waals surface area (Å²) in [5.41, 5.74) is 1.01. The molecule has 1 aromatic heterocycles. The van der Waals surface area contributed by atoms with Crippen molar-refractivity contribution in [3.63, 3.8) is 0 Å². The van der Waals surface area contributed by atoms with E-state index in [0.717, 1.165) is 12.1 Å². The van der Waals surface area contributed by atoms with E-state index in [-0.39, 0.29) is 11.9 Å². The Bertz CT molecular complexity index is 272. The number of carbonyl (C=O) groups excluding carboxylic acids is 1. The van der Waals surface area contributed by atoms with Gasteiger partial charge in [-0.25, -0.2) is 0 Å². The molecule has 78 valence electrons. The van der Waals surface area contributed by atoms with Crippen molar-refractivity contribution in [2.24, 2.45) is 0 Å². The van der Waals surface area contributed by atoms with E-state index in [1.165, 1.54) is 0 Å². The van der Waals surface area contributed by atoms with E-state index in [0.29, 0.717) is 6.54 Å². The Morgan fingerprint density at radius 3 is 3.00 bits per heavy atom. The van der Waals surface area contributed by atoms with Crippen molar-refractivity contribution in [2.45, 2.75) is 26.3 Å². The summed E-state index contributed by atoms with van der Waals surface area (Å²) < 4.78 is 0. The molecule has 1 atom stereocenters. The van der Waals surface area contributed by atoms with Crippen molar-refractivity contribution in [1.82, 2.24) is 5.32 Å². The summed E-state index contributed by atoms with van der Waals surface area (Å²) in [5.74, 6) is 0.0468. The van der Waals surface area contributed by atoms with Crippen LogP contribution in [0.25, 0.3) is 0 Å². The first-order valence-electron chi connectivity index (χ1n) is 4.77. The lowest BCUT2D eigenvalue weighted by Crippen LogP contribution is -2.36. The molecule has 1 amide bonds. The summed E-state index contributed by atoms with van der Waals surface area (Å²) in [6.45, 7) is 4.40. The van der Waals surface area contributed by atoms with Gasteiger partial charge in [-0.05, 0) is 24.8 Å². The van der Waals surface area contributed by atoms with E-state index in [2.05, 4.69) is 17.6 Å². The first-order chi connectivity index (χ1) is 6.72. The maximum atomic E-state index is 11.3. The van der Waals surface area contributed by atoms with Crippen LogP contribution in [0.4, 0.5) is 5.69 Å². The summed E-state index contributed by atoms with van der Waals surface area (Å²) in [5, 5.41) is 9.91. The van der Waals surface area contributed by atoms with Crippen molar-refractivity contribution in [1.29, 1.82) is 0 Å². The number of hydrogen-bond donors (Lipinski definition) is 2. The van der Waals surface area contributed by atoms with Gasteiger partial charge in [0.25, 0.3) is 0 Å². The van der Waals surface area contributed by atoms with Crippen LogP contribution in [-0.2, 0) is 4.79 Å². The maximum Gasteiger partial charge on any atom is 0.239 e. The van der Waals surface area contributed by atoms with Crippen molar-refractivity contribution in [2.75, 3.05) is 11.9 Å². The molecule has 1 unspecified atom stereocenters. The molecule has 0 aliphatic heterocycles. The van der Waals surface area contributed by atoms with Gasteiger partial charge in [-0.2, -0.15) is 11.3 Å². The van der Waals surface area contributed by atoms with Crippen LogP contribution in [0.15, 0.2) is 16.8 Å². The van der Waals surface area contributed by atoms with E-state index < -0.39 is 0 Å². The normalized spacial score (nSPS) is 12.1. The van der Waals surface area contributed by atoms with Crippen LogP contribution in [0.3, 0.4) is 0 Å². The SMILES string of the molecule is CCC(C)NC(=O)CNc1ccsc1. The standard InChI is InChI=1S/C10H16N2OS/c1-3-8(2)12-10(13)6-11-9-4-5-14-7-9/h4-5,7-8,11H,3,6H2,1-2H3,(H,12,13). The van der Waals surface area contributed by atoms with Gasteiger partial charge in [0, 0.05) is 17.1 Å². The molecule has 0 spiro atoms. The fourth-order valence-electron chi connectivity index (χ4n) is 0.975. The largest absolute Gasteiger partial charge is 0.375 e. The second-order valence-corrected chi connectivity index (χ2v) is 4.02. The predicted molar refractivity (Wildman–Crippen MR) is 60.7 cm³/mol. The molecule has 0 aromatic carbocycles. The molecule has 0 aliphatic rings. The number of hydrogen-bond acceptors (Lipinski definition) is 3. The third-order valence-corrected chi connectivity index (χ3v) is 2.68. The number of rotatable bonds is 5. The average Bonchev–Trinajstić information content (AvgIpc) is 2.67. The average molecular weight is 212 g/mol. The zero-order valence-electron chi connectivity index (χ0n) is 8.54. The monoisotopic (exact) mass is 212 g/mol. The van der Waals surface area contributed by atoms with Gasteiger partial charge in [0.15, 0.2) is 0 Å². The first-order valence-corrected chi connectivity index (χ1v) is 5.72. The third kappa shape index (κ3) is 3.79. The Balaban J connectivity index is 2.22. The lowest BCUT2D eigenvalue weighted by molar-refractivity contribution is -0.120. The highest BCUT2D eigenvalue weighted by Crippen LogP contribution is 2.10. The van der Waals surface area contributed by atoms with Crippen LogP contribution in [0.5, 0.6) is 0 Å². The molecule has 3 nitrogen and oxygen atoms in total. The van der Waals surface area contributed by atoms with E-state index in [9.17, 15) is 4.79 Å². The van der Waals surface area contributed by atoms with Gasteiger partial charge in [0.1, 0.15) is 0 Å². The lowest BCUT2D eigenvalue weighted by atomic mass is 10.2. The molecule has 2 N–H and O–H groups in total. The summed E-state index contributed by atoms with van der Waals surface area (Å²) in [6.07, 6.45) is 0.962. The topological polar surface area (TPSA) is 41.1 Å². The van der Waals surface area contributed by atoms with Crippen molar-refractivity contribution in [3.8, 4) is 0 Å². The van der Waals surface area contributed by atoms with Crippen molar-refractivity contribution in [3.05, 3.63) is 16.8 Å². The Hall–Kier alpha value is -1.03. The first kappa shape index (κ1) is 11.0. The van der Waals surface area contributed by atoms with Gasteiger partial charge in [0.05, 0.1) is 6.54 Å². The highest BCUT2D eigenvalue weighted by Gasteiger charge is 2.04. The molecule has 0 radical (unpaired) electrons. The second-order valence-electron chi connectivity index (χ2n) is 3.24. The molecule has 0 aliphatic carbocycles. The predicted octanol–water partition coefficient (Wildman–Crippen LogP) is 2.07. The molecule has 0 bridgehead atoms. The lowest BCUT2D eigenvalue weighted by Gasteiger charge is -2.11. The maximum absolute atomic E-state index is 11.3. The van der Waals surface area contributed by atoms with Crippen molar-refractivity contribution < 1.29 is 4.79 Å². The van der Waals surface area contributed by atoms with Crippen LogP contribution < -0.4 is 10.6 Å². The summed E-state index contributed by atoms with van der Waals surface area (Å²) in [4.78, 5) is 11.3. The zero-order chi connectivity index (χ0) is 10.4. The third-order valence-electron chi connectivity index (χ3n) is 1.99. The number of anilines is 1. The zero-order valence-corrected chi connectivity index (χ0v) is 9.36. The molecular formula is C10H16N2OS. The Labute approximate surface area is 88.5 Å². The minimum atomic E-state index is 0.0468. The fraction of sp³-hybridized carbons (Fsp3) is 0.500. The smallest absolute Gasteiger partial charge is 0.239 e. The quantitative estimate of drug-likeness (QED) is 0.784. The minimum Gasteiger partial charge on any atom is -0.375 e. The molecule has 14 heavy (non-hydrogen) atoms. The fourth-order valence-corrected chi connectivity index (χ4v) is 1.59. The van der Waals surface area contributed by atoms with Crippen LogP contribution in [0, 0.1) is 0 Å². The molecule has 0 saturated heterocycles. The molecular weight excluding hydrogens is 196 g/mol. The molecule has 0 fully saturated rings. The number of thiophene rings is 1. The minimum absolute atomic E-state index is 0.0468. The van der Waals surface area contributed by atoms with Gasteiger partial charge in [-0.1, -0.05) is 6.92 Å². The van der Waals surface area contributed by atoms with Gasteiger partial charge < -0.3 is 10.6 Å². The number of nitrogens with one attached hydrogen (secondary N) is 2. The highest BCUT2D eigenvalue weighted by atomic mass is 32.1. The van der Waals surface area contributed by atoms with Gasteiger partial charge in [-0.15, -0.1) is 0 Å². The molecule has 0 saturated carbocycles. The van der Waals surface area contributed by atoms with Crippen LogP contribution >= 0.6 is 11.3 Å². The van der Waals surface area contributed by atoms with Crippen LogP contribution in [0.2, 0.25) is 0 Å². The van der Waals surface area contributed by atoms with Crippen LogP contribution in [-0.4, -0.2) is 18.5 Å². The number of amides is 1. The molecule has 1 rings (SSSR count). The molecule has 1 aromatic rings. The van der Waals surface area contributed by atoms with Gasteiger partial charge in [-0.3, -0.25) is 4.79 Å². The highest BCUT2D eigenvalue weighted by molar-refractivity contribution is 7.08. The Morgan fingerprint density at radius 2 is 2.43 bits per heavy atom. The van der Waals surface area contributed by atoms with Crippen molar-refractivity contribution >= 4 is 22.9 Å². The Morgan fingerprint density at radius 1 is 1.64 bits per heavy atom. The van der Waals surface area contributed by atoms with E-state index in [1.54, 1.807) is 11.3 Å². The van der Waals surface area contributed by atoms with Gasteiger partial charge in [0.2, 0.25) is 5.91 Å². The Kier molecular flexibility index (Phi) is 4.46. The van der Waals surface area contributed by atoms with E-state index in [1.807, 2.05) is 23.8 Å². The molecule has 1 heterocycles.